The van der Waals surface area contributed by atoms with Crippen LogP contribution in [0.2, 0.25) is 15.1 Å². The Morgan fingerprint density at radius 2 is 1.75 bits per heavy atom. The van der Waals surface area contributed by atoms with Crippen LogP contribution in [0.3, 0.4) is 0 Å². The van der Waals surface area contributed by atoms with Gasteiger partial charge in [0.15, 0.2) is 0 Å². The summed E-state index contributed by atoms with van der Waals surface area (Å²) in [5, 5.41) is 10.5. The van der Waals surface area contributed by atoms with Gasteiger partial charge >= 0.3 is 5.97 Å². The Labute approximate surface area is 275 Å². The number of hydrogen-bond acceptors (Lipinski definition) is 7. The molecule has 1 aromatic heterocycles. The predicted octanol–water partition coefficient (Wildman–Crippen LogP) is 9.27. The number of ether oxygens (including phenoxy) is 2. The molecule has 1 N–H and O–H groups in total. The number of benzene rings is 3. The molecule has 1 unspecified atom stereocenters. The molecule has 0 spiro atoms. The smallest absolute Gasteiger partial charge is 0.338 e. The van der Waals surface area contributed by atoms with Gasteiger partial charge in [-0.3, -0.25) is 0 Å². The largest absolute Gasteiger partial charge is 0.488 e. The van der Waals surface area contributed by atoms with Crippen LogP contribution in [0.5, 0.6) is 5.75 Å². The lowest BCUT2D eigenvalue weighted by atomic mass is 9.94. The van der Waals surface area contributed by atoms with Gasteiger partial charge in [-0.1, -0.05) is 95.5 Å². The van der Waals surface area contributed by atoms with Crippen LogP contribution in [0.25, 0.3) is 0 Å². The molecule has 11 heteroatoms. The molecule has 3 aromatic carbocycles. The quantitative estimate of drug-likeness (QED) is 0.141. The maximum Gasteiger partial charge on any atom is 0.338 e. The van der Waals surface area contributed by atoms with Gasteiger partial charge in [0, 0.05) is 37.6 Å². The van der Waals surface area contributed by atoms with Crippen molar-refractivity contribution in [2.45, 2.75) is 68.7 Å². The van der Waals surface area contributed by atoms with E-state index in [2.05, 4.69) is 5.32 Å². The number of aromatic nitrogens is 3. The number of anilines is 1. The first-order chi connectivity index (χ1) is 21.4. The summed E-state index contributed by atoms with van der Waals surface area (Å²) in [7, 11) is 0. The summed E-state index contributed by atoms with van der Waals surface area (Å²) in [4.78, 5) is 18.7. The molecule has 2 heterocycles. The van der Waals surface area contributed by atoms with E-state index >= 15 is 0 Å². The zero-order chi connectivity index (χ0) is 30.6. The standard InChI is InChI=1S/C33H31Cl3N4O3S/c1-20-29(31(41)43-24-10-3-2-4-11-24)30(25-12-6-8-14-28(25)42-18-21-15-16-23(34)17-27(21)36)40-32(37-20)38-33(39-40)44-19-22-9-5-7-13-26(22)35/h5-9,12-17,24,30H,2-4,10-11,18-19H2,1H3,(H,37,38,39). The highest BCUT2D eigenvalue weighted by Crippen LogP contribution is 2.41. The lowest BCUT2D eigenvalue weighted by Crippen LogP contribution is -2.32. The molecule has 0 amide bonds. The minimum absolute atomic E-state index is 0.102. The van der Waals surface area contributed by atoms with Gasteiger partial charge in [-0.15, -0.1) is 5.10 Å². The number of fused-ring (bicyclic) bond motifs is 1. The van der Waals surface area contributed by atoms with Crippen LogP contribution in [0, 0.1) is 0 Å². The highest BCUT2D eigenvalue weighted by molar-refractivity contribution is 7.98. The van der Waals surface area contributed by atoms with Crippen LogP contribution in [-0.4, -0.2) is 26.8 Å². The minimum Gasteiger partial charge on any atom is -0.488 e. The topological polar surface area (TPSA) is 78.3 Å². The SMILES string of the molecule is CC1=C(C(=O)OC2CCCCC2)C(c2ccccc2OCc2ccc(Cl)cc2Cl)n2nc(SCc3ccccc3Cl)nc2N1. The number of thioether (sulfide) groups is 1. The van der Waals surface area contributed by atoms with E-state index in [1.807, 2.05) is 61.5 Å². The molecule has 228 valence electrons. The number of hydrogen-bond donors (Lipinski definition) is 1. The van der Waals surface area contributed by atoms with E-state index < -0.39 is 6.04 Å². The Hall–Kier alpha value is -3.17. The Balaban J connectivity index is 1.35. The molecule has 1 saturated carbocycles. The molecule has 0 saturated heterocycles. The fourth-order valence-electron chi connectivity index (χ4n) is 5.53. The molecular weight excluding hydrogens is 639 g/mol. The third kappa shape index (κ3) is 6.89. The first-order valence-electron chi connectivity index (χ1n) is 14.5. The van der Waals surface area contributed by atoms with Gasteiger partial charge in [0.1, 0.15) is 24.5 Å². The van der Waals surface area contributed by atoms with Crippen molar-refractivity contribution in [2.75, 3.05) is 5.32 Å². The number of para-hydroxylation sites is 1. The summed E-state index contributed by atoms with van der Waals surface area (Å²) in [5.74, 6) is 1.35. The van der Waals surface area contributed by atoms with Gasteiger partial charge < -0.3 is 14.8 Å². The van der Waals surface area contributed by atoms with Crippen molar-refractivity contribution < 1.29 is 14.3 Å². The van der Waals surface area contributed by atoms with Gasteiger partial charge in [0.05, 0.1) is 5.57 Å². The van der Waals surface area contributed by atoms with E-state index in [9.17, 15) is 4.79 Å². The van der Waals surface area contributed by atoms with E-state index in [4.69, 9.17) is 54.4 Å². The first-order valence-corrected chi connectivity index (χ1v) is 16.7. The third-order valence-electron chi connectivity index (χ3n) is 7.81. The van der Waals surface area contributed by atoms with Gasteiger partial charge in [-0.05, 0) is 62.4 Å². The predicted molar refractivity (Wildman–Crippen MR) is 176 cm³/mol. The molecule has 44 heavy (non-hydrogen) atoms. The van der Waals surface area contributed by atoms with Crippen molar-refractivity contribution in [3.8, 4) is 5.75 Å². The number of esters is 1. The number of rotatable bonds is 9. The number of allylic oxidation sites excluding steroid dienone is 1. The van der Waals surface area contributed by atoms with Gasteiger partial charge in [0.2, 0.25) is 11.1 Å². The van der Waals surface area contributed by atoms with Crippen LogP contribution >= 0.6 is 46.6 Å². The monoisotopic (exact) mass is 668 g/mol. The molecular formula is C33H31Cl3N4O3S. The molecule has 1 aliphatic carbocycles. The summed E-state index contributed by atoms with van der Waals surface area (Å²) in [6.45, 7) is 2.09. The molecule has 0 bridgehead atoms. The molecule has 1 aliphatic heterocycles. The van der Waals surface area contributed by atoms with Crippen molar-refractivity contribution in [1.82, 2.24) is 14.8 Å². The van der Waals surface area contributed by atoms with Crippen LogP contribution in [0.15, 0.2) is 83.2 Å². The Kier molecular flexibility index (Phi) is 9.71. The number of carbonyl (C=O) groups is 1. The highest BCUT2D eigenvalue weighted by atomic mass is 35.5. The van der Waals surface area contributed by atoms with Crippen molar-refractivity contribution >= 4 is 58.5 Å². The fourth-order valence-corrected chi connectivity index (χ4v) is 7.11. The van der Waals surface area contributed by atoms with Crippen LogP contribution in [-0.2, 0) is 21.9 Å². The number of carbonyl (C=O) groups excluding carboxylic acids is 1. The van der Waals surface area contributed by atoms with E-state index in [0.29, 0.717) is 48.9 Å². The molecule has 1 atom stereocenters. The summed E-state index contributed by atoms with van der Waals surface area (Å²) in [5.41, 5.74) is 3.66. The molecule has 1 fully saturated rings. The third-order valence-corrected chi connectivity index (χ3v) is 9.65. The van der Waals surface area contributed by atoms with E-state index in [0.717, 1.165) is 42.4 Å². The maximum absolute atomic E-state index is 13.9. The normalized spacial score (nSPS) is 16.8. The average Bonchev–Trinajstić information content (AvgIpc) is 3.42. The van der Waals surface area contributed by atoms with Crippen LogP contribution < -0.4 is 10.1 Å². The number of nitrogens with one attached hydrogen (secondary N) is 1. The second-order valence-electron chi connectivity index (χ2n) is 10.8. The zero-order valence-electron chi connectivity index (χ0n) is 24.1. The van der Waals surface area contributed by atoms with Crippen LogP contribution in [0.1, 0.15) is 61.8 Å². The number of halogens is 3. The molecule has 4 aromatic rings. The summed E-state index contributed by atoms with van der Waals surface area (Å²) >= 11 is 20.4. The van der Waals surface area contributed by atoms with Crippen molar-refractivity contribution in [1.29, 1.82) is 0 Å². The van der Waals surface area contributed by atoms with Crippen LogP contribution in [0.4, 0.5) is 5.95 Å². The first kappa shape index (κ1) is 30.8. The second-order valence-corrected chi connectivity index (χ2v) is 13.0. The molecule has 7 nitrogen and oxygen atoms in total. The van der Waals surface area contributed by atoms with E-state index in [-0.39, 0.29) is 18.7 Å². The maximum atomic E-state index is 13.9. The summed E-state index contributed by atoms with van der Waals surface area (Å²) < 4.78 is 14.2. The van der Waals surface area contributed by atoms with Gasteiger partial charge in [0.25, 0.3) is 0 Å². The molecule has 2 aliphatic rings. The van der Waals surface area contributed by atoms with Gasteiger partial charge in [-0.2, -0.15) is 4.98 Å². The van der Waals surface area contributed by atoms with Gasteiger partial charge in [-0.25, -0.2) is 9.48 Å². The Morgan fingerprint density at radius 1 is 0.977 bits per heavy atom. The number of nitrogens with zero attached hydrogens (tertiary/aromatic N) is 3. The second kappa shape index (κ2) is 13.9. The lowest BCUT2D eigenvalue weighted by molar-refractivity contribution is -0.146. The average molecular weight is 670 g/mol. The summed E-state index contributed by atoms with van der Waals surface area (Å²) in [6, 6.07) is 20.0. The van der Waals surface area contributed by atoms with E-state index in [1.54, 1.807) is 16.8 Å². The Morgan fingerprint density at radius 3 is 2.55 bits per heavy atom. The minimum atomic E-state index is -0.638. The van der Waals surface area contributed by atoms with E-state index in [1.165, 1.54) is 18.2 Å². The summed E-state index contributed by atoms with van der Waals surface area (Å²) in [6.07, 6.45) is 4.92. The highest BCUT2D eigenvalue weighted by Gasteiger charge is 2.38. The zero-order valence-corrected chi connectivity index (χ0v) is 27.1. The Bertz CT molecular complexity index is 1700. The molecule has 0 radical (unpaired) electrons. The molecule has 6 rings (SSSR count). The lowest BCUT2D eigenvalue weighted by Gasteiger charge is -2.30. The van der Waals surface area contributed by atoms with Crippen molar-refractivity contribution in [3.63, 3.8) is 0 Å². The van der Waals surface area contributed by atoms with Crippen molar-refractivity contribution in [3.05, 3.63) is 110 Å². The fraction of sp³-hybridized carbons (Fsp3) is 0.303. The van der Waals surface area contributed by atoms with Crippen molar-refractivity contribution in [2.24, 2.45) is 0 Å².